The summed E-state index contributed by atoms with van der Waals surface area (Å²) in [6.07, 6.45) is 11.1. The highest BCUT2D eigenvalue weighted by Crippen LogP contribution is 2.68. The number of likely N-dealkylation sites (tertiary alicyclic amines) is 1. The van der Waals surface area contributed by atoms with E-state index in [-0.39, 0.29) is 29.6 Å². The lowest BCUT2D eigenvalue weighted by Gasteiger charge is -2.61. The number of carbonyl (C=O) groups is 1. The molecule has 0 aromatic rings. The van der Waals surface area contributed by atoms with Gasteiger partial charge in [0.2, 0.25) is 5.91 Å². The van der Waals surface area contributed by atoms with Crippen molar-refractivity contribution in [3.05, 3.63) is 0 Å². The Morgan fingerprint density at radius 2 is 1.67 bits per heavy atom. The second-order valence-electron chi connectivity index (χ2n) is 13.7. The van der Waals surface area contributed by atoms with Crippen LogP contribution in [0.2, 0.25) is 0 Å². The van der Waals surface area contributed by atoms with Crippen molar-refractivity contribution in [1.82, 2.24) is 4.90 Å². The molecule has 33 heavy (non-hydrogen) atoms. The number of hydrogen-bond acceptors (Lipinski definition) is 3. The minimum Gasteiger partial charge on any atom is -0.393 e. The van der Waals surface area contributed by atoms with Gasteiger partial charge in [-0.3, -0.25) is 4.79 Å². The van der Waals surface area contributed by atoms with Crippen molar-refractivity contribution >= 4 is 5.91 Å². The van der Waals surface area contributed by atoms with Crippen molar-refractivity contribution in [1.29, 1.82) is 0 Å². The van der Waals surface area contributed by atoms with Gasteiger partial charge in [0.15, 0.2) is 0 Å². The molecule has 0 aromatic carbocycles. The zero-order chi connectivity index (χ0) is 23.7. The number of piperidine rings is 1. The van der Waals surface area contributed by atoms with Crippen molar-refractivity contribution in [2.24, 2.45) is 52.3 Å². The van der Waals surface area contributed by atoms with Crippen LogP contribution in [0.4, 0.5) is 0 Å². The molecule has 1 heterocycles. The fourth-order valence-electron chi connectivity index (χ4n) is 10.6. The van der Waals surface area contributed by atoms with Gasteiger partial charge in [-0.15, -0.1) is 0 Å². The van der Waals surface area contributed by atoms with E-state index in [0.29, 0.717) is 35.0 Å². The highest BCUT2D eigenvalue weighted by atomic mass is 16.3. The molecule has 5 rings (SSSR count). The first-order valence-electron chi connectivity index (χ1n) is 14.2. The van der Waals surface area contributed by atoms with E-state index in [1.807, 2.05) is 0 Å². The van der Waals surface area contributed by atoms with Crippen LogP contribution in [0.25, 0.3) is 0 Å². The van der Waals surface area contributed by atoms with E-state index in [2.05, 4.69) is 32.6 Å². The Bertz CT molecular complexity index is 755. The summed E-state index contributed by atoms with van der Waals surface area (Å²) in [6, 6.07) is 0.278. The summed E-state index contributed by atoms with van der Waals surface area (Å²) in [5.41, 5.74) is 0.561. The van der Waals surface area contributed by atoms with E-state index in [4.69, 9.17) is 0 Å². The molecule has 0 bridgehead atoms. The molecule has 4 saturated carbocycles. The van der Waals surface area contributed by atoms with E-state index in [1.54, 1.807) is 6.92 Å². The first kappa shape index (κ1) is 24.1. The number of aliphatic hydroxyl groups excluding tert-OH is 2. The largest absolute Gasteiger partial charge is 0.393 e. The predicted molar refractivity (Wildman–Crippen MR) is 131 cm³/mol. The monoisotopic (exact) mass is 459 g/mol. The molecular formula is C29H49NO3. The van der Waals surface area contributed by atoms with Gasteiger partial charge in [0.05, 0.1) is 12.2 Å². The van der Waals surface area contributed by atoms with E-state index in [0.717, 1.165) is 44.1 Å². The fraction of sp³-hybridized carbons (Fsp3) is 0.966. The number of aliphatic hydroxyl groups is 2. The highest BCUT2D eigenvalue weighted by Gasteiger charge is 2.63. The molecular weight excluding hydrogens is 410 g/mol. The zero-order valence-electron chi connectivity index (χ0n) is 21.8. The third-order valence-corrected chi connectivity index (χ3v) is 12.2. The first-order valence-corrected chi connectivity index (χ1v) is 14.2. The Hall–Kier alpha value is -0.610. The van der Waals surface area contributed by atoms with Crippen LogP contribution < -0.4 is 0 Å². The lowest BCUT2D eigenvalue weighted by molar-refractivity contribution is -0.142. The molecule has 1 aliphatic heterocycles. The van der Waals surface area contributed by atoms with Gasteiger partial charge in [0.25, 0.3) is 0 Å². The Morgan fingerprint density at radius 1 is 0.939 bits per heavy atom. The van der Waals surface area contributed by atoms with Crippen LogP contribution in [0.1, 0.15) is 98.8 Å². The molecule has 1 saturated heterocycles. The molecule has 5 fully saturated rings. The molecule has 5 aliphatic rings. The van der Waals surface area contributed by atoms with Crippen molar-refractivity contribution < 1.29 is 15.0 Å². The minimum absolute atomic E-state index is 0.0885. The SMILES string of the molecule is CC(=O)N1C[C@@H](C)CC[C@H]1[C@@H](C)[C@H]1[C@H](O)C[C@H]2[C@@H]3CC[C@H]4C[C@@H](O)CC[C@]4(C)[C@H]3CC[C@]12C. The molecule has 2 N–H and O–H groups in total. The summed E-state index contributed by atoms with van der Waals surface area (Å²) in [5, 5.41) is 21.9. The van der Waals surface area contributed by atoms with Crippen molar-refractivity contribution in [2.45, 2.75) is 117 Å². The van der Waals surface area contributed by atoms with Gasteiger partial charge in [-0.05, 0) is 116 Å². The summed E-state index contributed by atoms with van der Waals surface area (Å²) in [5.74, 6) is 4.20. The van der Waals surface area contributed by atoms with E-state index < -0.39 is 0 Å². The predicted octanol–water partition coefficient (Wildman–Crippen LogP) is 5.26. The van der Waals surface area contributed by atoms with E-state index >= 15 is 0 Å². The second kappa shape index (κ2) is 8.50. The molecule has 0 spiro atoms. The van der Waals surface area contributed by atoms with Crippen LogP contribution in [-0.2, 0) is 4.79 Å². The third kappa shape index (κ3) is 3.72. The van der Waals surface area contributed by atoms with E-state index in [1.165, 1.54) is 38.5 Å². The summed E-state index contributed by atoms with van der Waals surface area (Å²) in [7, 11) is 0. The van der Waals surface area contributed by atoms with Gasteiger partial charge < -0.3 is 15.1 Å². The van der Waals surface area contributed by atoms with Crippen LogP contribution in [0.3, 0.4) is 0 Å². The molecule has 4 nitrogen and oxygen atoms in total. The van der Waals surface area contributed by atoms with Crippen molar-refractivity contribution in [3.63, 3.8) is 0 Å². The summed E-state index contributed by atoms with van der Waals surface area (Å²) in [4.78, 5) is 14.7. The van der Waals surface area contributed by atoms with Gasteiger partial charge in [-0.2, -0.15) is 0 Å². The maximum absolute atomic E-state index is 12.5. The molecule has 12 atom stereocenters. The molecule has 4 aliphatic carbocycles. The van der Waals surface area contributed by atoms with Crippen LogP contribution in [0.15, 0.2) is 0 Å². The molecule has 0 unspecified atom stereocenters. The number of hydrogen-bond donors (Lipinski definition) is 2. The lowest BCUT2D eigenvalue weighted by Crippen LogP contribution is -2.56. The molecule has 0 radical (unpaired) electrons. The average molecular weight is 460 g/mol. The van der Waals surface area contributed by atoms with Gasteiger partial charge >= 0.3 is 0 Å². The number of carbonyl (C=O) groups excluding carboxylic acids is 1. The standard InChI is InChI=1S/C29H49NO3/c1-17-6-9-25(30(16-17)19(3)31)18(2)27-26(33)15-24-22-8-7-20-14-21(32)10-12-28(20,4)23(22)11-13-29(24,27)5/h17-18,20-27,32-33H,6-16H2,1-5H3/t17-,18+,20-,21-,22+,23-,24-,25-,26+,27-,28-,29-/m0/s1. The normalized spacial score (nSPS) is 53.1. The van der Waals surface area contributed by atoms with Gasteiger partial charge in [0.1, 0.15) is 0 Å². The molecule has 0 aromatic heterocycles. The van der Waals surface area contributed by atoms with Gasteiger partial charge in [-0.1, -0.05) is 27.7 Å². The number of nitrogens with zero attached hydrogens (tertiary/aromatic N) is 1. The maximum atomic E-state index is 12.5. The Kier molecular flexibility index (Phi) is 6.21. The number of amides is 1. The Balaban J connectivity index is 1.39. The quantitative estimate of drug-likeness (QED) is 0.592. The number of fused-ring (bicyclic) bond motifs is 5. The Labute approximate surface area is 201 Å². The lowest BCUT2D eigenvalue weighted by atomic mass is 9.44. The minimum atomic E-state index is -0.236. The first-order chi connectivity index (χ1) is 15.6. The third-order valence-electron chi connectivity index (χ3n) is 12.2. The second-order valence-corrected chi connectivity index (χ2v) is 13.7. The van der Waals surface area contributed by atoms with Crippen molar-refractivity contribution in [3.8, 4) is 0 Å². The van der Waals surface area contributed by atoms with Crippen LogP contribution in [-0.4, -0.2) is 45.8 Å². The molecule has 1 amide bonds. The molecule has 188 valence electrons. The van der Waals surface area contributed by atoms with Gasteiger partial charge in [-0.25, -0.2) is 0 Å². The van der Waals surface area contributed by atoms with Crippen LogP contribution in [0.5, 0.6) is 0 Å². The van der Waals surface area contributed by atoms with Gasteiger partial charge in [0, 0.05) is 19.5 Å². The summed E-state index contributed by atoms with van der Waals surface area (Å²) in [6.45, 7) is 12.3. The van der Waals surface area contributed by atoms with Crippen LogP contribution in [0, 0.1) is 52.3 Å². The van der Waals surface area contributed by atoms with Crippen molar-refractivity contribution in [2.75, 3.05) is 6.54 Å². The Morgan fingerprint density at radius 3 is 2.39 bits per heavy atom. The molecule has 4 heteroatoms. The number of rotatable bonds is 2. The zero-order valence-corrected chi connectivity index (χ0v) is 21.8. The smallest absolute Gasteiger partial charge is 0.219 e. The van der Waals surface area contributed by atoms with Crippen LogP contribution >= 0.6 is 0 Å². The fourth-order valence-corrected chi connectivity index (χ4v) is 10.6. The maximum Gasteiger partial charge on any atom is 0.219 e. The summed E-state index contributed by atoms with van der Waals surface area (Å²) >= 11 is 0. The topological polar surface area (TPSA) is 60.8 Å². The van der Waals surface area contributed by atoms with E-state index in [9.17, 15) is 15.0 Å². The highest BCUT2D eigenvalue weighted by molar-refractivity contribution is 5.73. The summed E-state index contributed by atoms with van der Waals surface area (Å²) < 4.78 is 0. The average Bonchev–Trinajstić information content (AvgIpc) is 3.03.